The van der Waals surface area contributed by atoms with Crippen LogP contribution in [0, 0.1) is 0 Å². The van der Waals surface area contributed by atoms with Crippen molar-refractivity contribution in [2.45, 2.75) is 12.6 Å². The summed E-state index contributed by atoms with van der Waals surface area (Å²) in [5, 5.41) is 17.6. The van der Waals surface area contributed by atoms with Gasteiger partial charge in [-0.3, -0.25) is 4.18 Å². The first-order valence-electron chi connectivity index (χ1n) is 10.4. The molecule has 2 N–H and O–H groups in total. The first kappa shape index (κ1) is 22.0. The van der Waals surface area contributed by atoms with Crippen LogP contribution in [0.15, 0.2) is 48.5 Å². The predicted molar refractivity (Wildman–Crippen MR) is 123 cm³/mol. The number of aliphatic hydroxyl groups excluding tert-OH is 1. The van der Waals surface area contributed by atoms with Gasteiger partial charge in [0.1, 0.15) is 0 Å². The Morgan fingerprint density at radius 1 is 1.03 bits per heavy atom. The van der Waals surface area contributed by atoms with Crippen LogP contribution < -0.4 is 10.2 Å². The maximum absolute atomic E-state index is 11.3. The molecule has 31 heavy (non-hydrogen) atoms. The zero-order chi connectivity index (χ0) is 21.8. The highest BCUT2D eigenvalue weighted by atomic mass is 32.2. The molecule has 1 atom stereocenters. The van der Waals surface area contributed by atoms with Crippen LogP contribution in [0.25, 0.3) is 21.5 Å². The minimum Gasteiger partial charge on any atom is -0.395 e. The Labute approximate surface area is 182 Å². The number of fused-ring (bicyclic) bond motifs is 2. The van der Waals surface area contributed by atoms with Gasteiger partial charge in [0.25, 0.3) is 10.1 Å². The summed E-state index contributed by atoms with van der Waals surface area (Å²) >= 11 is 0. The van der Waals surface area contributed by atoms with E-state index in [0.29, 0.717) is 19.8 Å². The summed E-state index contributed by atoms with van der Waals surface area (Å²) in [7, 11) is -3.57. The first-order chi connectivity index (χ1) is 15.0. The van der Waals surface area contributed by atoms with Crippen molar-refractivity contribution in [1.82, 2.24) is 5.32 Å². The molecular formula is C23H28N2O5S. The molecule has 1 fully saturated rings. The average molecular weight is 445 g/mol. The van der Waals surface area contributed by atoms with Gasteiger partial charge in [-0.05, 0) is 16.3 Å². The fourth-order valence-electron chi connectivity index (χ4n) is 4.14. The van der Waals surface area contributed by atoms with E-state index < -0.39 is 16.2 Å². The minimum atomic E-state index is -3.57. The minimum absolute atomic E-state index is 0.114. The first-order valence-corrected chi connectivity index (χ1v) is 12.2. The summed E-state index contributed by atoms with van der Waals surface area (Å²) in [5.74, 6) is 0. The van der Waals surface area contributed by atoms with Gasteiger partial charge in [-0.25, -0.2) is 0 Å². The summed E-state index contributed by atoms with van der Waals surface area (Å²) in [4.78, 5) is 2.39. The summed E-state index contributed by atoms with van der Waals surface area (Å²) in [6, 6.07) is 16.2. The maximum atomic E-state index is 11.3. The van der Waals surface area contributed by atoms with E-state index in [4.69, 9.17) is 8.92 Å². The lowest BCUT2D eigenvalue weighted by molar-refractivity contribution is 0.123. The summed E-state index contributed by atoms with van der Waals surface area (Å²) in [6.07, 6.45) is 1.01. The lowest BCUT2D eigenvalue weighted by atomic mass is 9.93. The van der Waals surface area contributed by atoms with Crippen molar-refractivity contribution in [3.63, 3.8) is 0 Å². The van der Waals surface area contributed by atoms with E-state index in [9.17, 15) is 13.5 Å². The molecule has 8 heteroatoms. The Kier molecular flexibility index (Phi) is 6.74. The molecule has 1 aliphatic rings. The molecule has 1 saturated heterocycles. The molecule has 0 aromatic heterocycles. The van der Waals surface area contributed by atoms with Crippen molar-refractivity contribution in [3.8, 4) is 0 Å². The van der Waals surface area contributed by atoms with E-state index in [-0.39, 0.29) is 13.2 Å². The Balaban J connectivity index is 1.75. The number of hydrogen-bond acceptors (Lipinski definition) is 7. The molecule has 0 spiro atoms. The van der Waals surface area contributed by atoms with Crippen LogP contribution in [0.2, 0.25) is 0 Å². The second-order valence-electron chi connectivity index (χ2n) is 7.77. The number of morpholine rings is 1. The largest absolute Gasteiger partial charge is 0.395 e. The fourth-order valence-corrected chi connectivity index (χ4v) is 4.55. The molecule has 4 rings (SSSR count). The molecule has 1 heterocycles. The van der Waals surface area contributed by atoms with Gasteiger partial charge in [0.05, 0.1) is 44.4 Å². The van der Waals surface area contributed by atoms with Gasteiger partial charge >= 0.3 is 0 Å². The van der Waals surface area contributed by atoms with Crippen LogP contribution in [-0.2, 0) is 25.6 Å². The van der Waals surface area contributed by atoms with Gasteiger partial charge in [0.2, 0.25) is 0 Å². The zero-order valence-electron chi connectivity index (χ0n) is 17.6. The fraction of sp³-hybridized carbons (Fsp3) is 0.391. The van der Waals surface area contributed by atoms with Crippen molar-refractivity contribution < 1.29 is 22.4 Å². The second-order valence-corrected chi connectivity index (χ2v) is 9.41. The highest BCUT2D eigenvalue weighted by Gasteiger charge is 2.20. The average Bonchev–Trinajstić information content (AvgIpc) is 2.78. The highest BCUT2D eigenvalue weighted by Crippen LogP contribution is 2.39. The number of hydrogen-bond donors (Lipinski definition) is 2. The van der Waals surface area contributed by atoms with Crippen LogP contribution >= 0.6 is 0 Å². The topological polar surface area (TPSA) is 88.1 Å². The number of aliphatic hydroxyl groups is 1. The molecule has 0 bridgehead atoms. The van der Waals surface area contributed by atoms with Crippen molar-refractivity contribution in [1.29, 1.82) is 0 Å². The van der Waals surface area contributed by atoms with Crippen LogP contribution in [0.1, 0.15) is 5.56 Å². The molecule has 0 radical (unpaired) electrons. The van der Waals surface area contributed by atoms with Gasteiger partial charge < -0.3 is 20.1 Å². The Bertz CT molecular complexity index is 1100. The quantitative estimate of drug-likeness (QED) is 0.407. The molecule has 1 aliphatic heterocycles. The number of nitrogens with zero attached hydrogens (tertiary/aromatic N) is 1. The van der Waals surface area contributed by atoms with Gasteiger partial charge in [-0.1, -0.05) is 48.5 Å². The third-order valence-corrected chi connectivity index (χ3v) is 6.18. The van der Waals surface area contributed by atoms with Crippen LogP contribution in [0.5, 0.6) is 0 Å². The number of rotatable bonds is 8. The number of ether oxygens (including phenoxy) is 1. The molecule has 0 amide bonds. The lowest BCUT2D eigenvalue weighted by Gasteiger charge is -2.32. The number of benzene rings is 3. The lowest BCUT2D eigenvalue weighted by Crippen LogP contribution is -2.37. The van der Waals surface area contributed by atoms with Gasteiger partial charge in [-0.15, -0.1) is 0 Å². The van der Waals surface area contributed by atoms with E-state index in [1.54, 1.807) is 0 Å². The smallest absolute Gasteiger partial charge is 0.264 e. The zero-order valence-corrected chi connectivity index (χ0v) is 18.4. The summed E-state index contributed by atoms with van der Waals surface area (Å²) < 4.78 is 33.1. The molecule has 7 nitrogen and oxygen atoms in total. The molecule has 0 saturated carbocycles. The normalized spacial score (nSPS) is 16.1. The van der Waals surface area contributed by atoms with Crippen molar-refractivity contribution >= 4 is 37.4 Å². The van der Waals surface area contributed by atoms with E-state index >= 15 is 0 Å². The second kappa shape index (κ2) is 9.50. The summed E-state index contributed by atoms with van der Waals surface area (Å²) in [6.45, 7) is 3.26. The van der Waals surface area contributed by atoms with Gasteiger partial charge in [0, 0.05) is 30.4 Å². The molecule has 1 unspecified atom stereocenters. The number of anilines is 1. The molecule has 3 aromatic carbocycles. The van der Waals surface area contributed by atoms with Crippen LogP contribution in [0.3, 0.4) is 0 Å². The number of nitrogens with one attached hydrogen (secondary N) is 1. The van der Waals surface area contributed by atoms with E-state index in [2.05, 4.69) is 46.6 Å². The van der Waals surface area contributed by atoms with Crippen molar-refractivity contribution in [2.24, 2.45) is 0 Å². The Morgan fingerprint density at radius 2 is 1.58 bits per heavy atom. The van der Waals surface area contributed by atoms with Gasteiger partial charge in [0.15, 0.2) is 0 Å². The van der Waals surface area contributed by atoms with E-state index in [0.717, 1.165) is 35.7 Å². The van der Waals surface area contributed by atoms with Crippen molar-refractivity contribution in [2.75, 3.05) is 50.7 Å². The van der Waals surface area contributed by atoms with Crippen LogP contribution in [-0.4, -0.2) is 65.3 Å². The molecule has 3 aromatic rings. The van der Waals surface area contributed by atoms with Gasteiger partial charge in [-0.2, -0.15) is 8.42 Å². The summed E-state index contributed by atoms with van der Waals surface area (Å²) in [5.41, 5.74) is 2.33. The molecular weight excluding hydrogens is 416 g/mol. The maximum Gasteiger partial charge on any atom is 0.264 e. The SMILES string of the molecule is CS(=O)(=O)OCC(CO)NCc1c2ccccc2c(N2CCOCC2)c2ccccc12. The molecule has 0 aliphatic carbocycles. The Morgan fingerprint density at radius 3 is 2.10 bits per heavy atom. The standard InChI is InChI=1S/C23H28N2O5S/c1-31(27,28)30-16-17(15-26)24-14-22-18-6-2-4-8-20(18)23(25-10-12-29-13-11-25)21-9-5-3-7-19(21)22/h2-9,17,24,26H,10-16H2,1H3. The molecule has 166 valence electrons. The third-order valence-electron chi connectivity index (χ3n) is 5.61. The monoisotopic (exact) mass is 444 g/mol. The third kappa shape index (κ3) is 4.99. The predicted octanol–water partition coefficient (Wildman–Crippen LogP) is 2.26. The highest BCUT2D eigenvalue weighted by molar-refractivity contribution is 7.85. The Hall–Kier alpha value is -2.23. The van der Waals surface area contributed by atoms with E-state index in [1.165, 1.54) is 16.5 Å². The van der Waals surface area contributed by atoms with Crippen molar-refractivity contribution in [3.05, 3.63) is 54.1 Å². The van der Waals surface area contributed by atoms with Crippen LogP contribution in [0.4, 0.5) is 5.69 Å². The van der Waals surface area contributed by atoms with E-state index in [1.807, 2.05) is 12.1 Å².